The summed E-state index contributed by atoms with van der Waals surface area (Å²) >= 11 is 0. The van der Waals surface area contributed by atoms with Gasteiger partial charge in [0.15, 0.2) is 0 Å². The molecule has 3 heterocycles. The predicted molar refractivity (Wildman–Crippen MR) is 106 cm³/mol. The van der Waals surface area contributed by atoms with Crippen molar-refractivity contribution in [3.63, 3.8) is 0 Å². The number of nitrogens with zero attached hydrogens (tertiary/aromatic N) is 6. The minimum Gasteiger partial charge on any atom is -0.443 e. The lowest BCUT2D eigenvalue weighted by atomic mass is 10.1. The third kappa shape index (κ3) is 4.11. The van der Waals surface area contributed by atoms with E-state index in [1.165, 1.54) is 15.8 Å². The fraction of sp³-hybridized carbons (Fsp3) is 0.316. The highest BCUT2D eigenvalue weighted by Gasteiger charge is 2.32. The van der Waals surface area contributed by atoms with Gasteiger partial charge in [-0.15, -0.1) is 10.2 Å². The van der Waals surface area contributed by atoms with Gasteiger partial charge in [-0.1, -0.05) is 6.07 Å². The monoisotopic (exact) mass is 413 g/mol. The number of pyridine rings is 1. The number of tetrazole rings is 1. The molecule has 2 aromatic heterocycles. The Hall–Kier alpha value is -3.44. The molecule has 1 aromatic carbocycles. The highest BCUT2D eigenvalue weighted by atomic mass is 19.1. The second-order valence-electron chi connectivity index (χ2n) is 6.87. The maximum Gasteiger partial charge on any atom is 0.414 e. The van der Waals surface area contributed by atoms with Crippen LogP contribution < -0.4 is 16.0 Å². The number of aromatic nitrogens is 5. The molecule has 0 radical (unpaired) electrons. The number of cyclic esters (lactones) is 1. The first-order valence-corrected chi connectivity index (χ1v) is 9.53. The quantitative estimate of drug-likeness (QED) is 0.531. The van der Waals surface area contributed by atoms with E-state index >= 15 is 0 Å². The molecule has 1 fully saturated rings. The summed E-state index contributed by atoms with van der Waals surface area (Å²) in [6, 6.07) is 8.11. The normalized spacial score (nSPS) is 16.2. The van der Waals surface area contributed by atoms with Gasteiger partial charge in [-0.05, 0) is 29.5 Å². The van der Waals surface area contributed by atoms with Gasteiger partial charge in [0.05, 0.1) is 25.8 Å². The van der Waals surface area contributed by atoms with Crippen LogP contribution in [0.4, 0.5) is 14.9 Å². The van der Waals surface area contributed by atoms with Crippen LogP contribution in [0.1, 0.15) is 0 Å². The number of rotatable bonds is 7. The van der Waals surface area contributed by atoms with Crippen LogP contribution >= 0.6 is 0 Å². The van der Waals surface area contributed by atoms with Crippen LogP contribution in [0.15, 0.2) is 36.5 Å². The molecular weight excluding hydrogens is 391 g/mol. The van der Waals surface area contributed by atoms with Crippen LogP contribution in [0.5, 0.6) is 0 Å². The maximum absolute atomic E-state index is 14.8. The molecule has 11 heteroatoms. The van der Waals surface area contributed by atoms with Crippen LogP contribution in [0, 0.1) is 5.82 Å². The van der Waals surface area contributed by atoms with Gasteiger partial charge in [-0.2, -0.15) is 4.80 Å². The number of quaternary nitrogens is 1. The van der Waals surface area contributed by atoms with Gasteiger partial charge >= 0.3 is 6.09 Å². The van der Waals surface area contributed by atoms with E-state index in [0.29, 0.717) is 41.4 Å². The molecular formula is C19H22FN8O2+. The molecule has 156 valence electrons. The average molecular weight is 413 g/mol. The minimum atomic E-state index is -0.480. The number of carbonyl (C=O) groups excluding carboxylic acids is 1. The van der Waals surface area contributed by atoms with Gasteiger partial charge in [0.25, 0.3) is 0 Å². The first-order valence-electron chi connectivity index (χ1n) is 9.53. The van der Waals surface area contributed by atoms with E-state index in [2.05, 4.69) is 31.4 Å². The van der Waals surface area contributed by atoms with Crippen molar-refractivity contribution in [2.45, 2.75) is 6.10 Å². The largest absolute Gasteiger partial charge is 0.443 e. The Morgan fingerprint density at radius 2 is 2.20 bits per heavy atom. The number of hydrogen-bond acceptors (Lipinski definition) is 7. The number of aryl methyl sites for hydroxylation is 1. The number of hydrogen-bond donors (Lipinski definition) is 2. The number of nitrogens with one attached hydrogen (secondary N) is 1. The molecule has 1 saturated heterocycles. The van der Waals surface area contributed by atoms with E-state index in [4.69, 9.17) is 4.74 Å². The zero-order valence-corrected chi connectivity index (χ0v) is 16.5. The summed E-state index contributed by atoms with van der Waals surface area (Å²) in [5.74, 6) is -0.0576. The Bertz CT molecular complexity index is 1040. The van der Waals surface area contributed by atoms with Crippen molar-refractivity contribution in [1.29, 1.82) is 0 Å². The second-order valence-corrected chi connectivity index (χ2v) is 6.87. The summed E-state index contributed by atoms with van der Waals surface area (Å²) in [4.78, 5) is 19.2. The van der Waals surface area contributed by atoms with Crippen molar-refractivity contribution < 1.29 is 19.7 Å². The zero-order chi connectivity index (χ0) is 21.1. The maximum atomic E-state index is 14.8. The van der Waals surface area contributed by atoms with Crippen LogP contribution in [0.25, 0.3) is 22.6 Å². The number of benzene rings is 1. The van der Waals surface area contributed by atoms with Gasteiger partial charge < -0.3 is 15.8 Å². The standard InChI is InChI=1S/C19H21FN8O2/c1-27-25-18(24-26-27)17-5-2-12(9-23-17)15-4-3-13(8-16(15)20)28-11-14(30-19(28)29)10-22-7-6-21/h2-5,8-9,14,22H,6-7,10-11,21H2,1H3/p+1/t14-/m0/s1. The van der Waals surface area contributed by atoms with E-state index in [0.717, 1.165) is 13.1 Å². The first-order chi connectivity index (χ1) is 14.5. The lowest BCUT2D eigenvalue weighted by Crippen LogP contribution is -2.54. The van der Waals surface area contributed by atoms with Gasteiger partial charge in [0.2, 0.25) is 5.82 Å². The molecule has 1 amide bonds. The molecule has 0 saturated carbocycles. The molecule has 3 aromatic rings. The molecule has 0 unspecified atom stereocenters. The van der Waals surface area contributed by atoms with E-state index < -0.39 is 11.9 Å². The SMILES string of the molecule is Cn1nnc(-c2ccc(-c3ccc(N4C[C@H](CNCC[NH3+])OC4=O)cc3F)cn2)n1. The Morgan fingerprint density at radius 1 is 1.33 bits per heavy atom. The number of halogens is 1. The fourth-order valence-corrected chi connectivity index (χ4v) is 3.20. The fourth-order valence-electron chi connectivity index (χ4n) is 3.20. The van der Waals surface area contributed by atoms with Crippen molar-refractivity contribution in [2.24, 2.45) is 7.05 Å². The van der Waals surface area contributed by atoms with Crippen LogP contribution in [-0.4, -0.2) is 63.6 Å². The average Bonchev–Trinajstić information content (AvgIpc) is 3.34. The van der Waals surface area contributed by atoms with Gasteiger partial charge in [-0.3, -0.25) is 9.88 Å². The molecule has 0 spiro atoms. The third-order valence-corrected chi connectivity index (χ3v) is 4.68. The number of anilines is 1. The van der Waals surface area contributed by atoms with Crippen molar-refractivity contribution in [3.05, 3.63) is 42.3 Å². The molecule has 1 atom stereocenters. The number of ether oxygens (including phenoxy) is 1. The molecule has 1 aliphatic heterocycles. The highest BCUT2D eigenvalue weighted by molar-refractivity contribution is 5.90. The summed E-state index contributed by atoms with van der Waals surface area (Å²) in [7, 11) is 1.67. The molecule has 0 aliphatic carbocycles. The summed E-state index contributed by atoms with van der Waals surface area (Å²) in [5, 5.41) is 14.9. The minimum absolute atomic E-state index is 0.279. The van der Waals surface area contributed by atoms with Crippen molar-refractivity contribution in [3.8, 4) is 22.6 Å². The zero-order valence-electron chi connectivity index (χ0n) is 16.5. The Morgan fingerprint density at radius 3 is 2.87 bits per heavy atom. The van der Waals surface area contributed by atoms with E-state index in [1.54, 1.807) is 37.5 Å². The lowest BCUT2D eigenvalue weighted by Gasteiger charge is -2.14. The smallest absolute Gasteiger partial charge is 0.414 e. The van der Waals surface area contributed by atoms with E-state index in [-0.39, 0.29) is 6.10 Å². The van der Waals surface area contributed by atoms with E-state index in [1.807, 2.05) is 0 Å². The molecule has 1 aliphatic rings. The summed E-state index contributed by atoms with van der Waals surface area (Å²) in [5.41, 5.74) is 5.73. The highest BCUT2D eigenvalue weighted by Crippen LogP contribution is 2.29. The van der Waals surface area contributed by atoms with Gasteiger partial charge in [0, 0.05) is 30.4 Å². The number of carbonyl (C=O) groups is 1. The predicted octanol–water partition coefficient (Wildman–Crippen LogP) is 0.235. The van der Waals surface area contributed by atoms with Crippen LogP contribution in [0.2, 0.25) is 0 Å². The summed E-state index contributed by atoms with van der Waals surface area (Å²) in [6.07, 6.45) is 0.794. The molecule has 4 N–H and O–H groups in total. The van der Waals surface area contributed by atoms with Crippen LogP contribution in [-0.2, 0) is 11.8 Å². The lowest BCUT2D eigenvalue weighted by molar-refractivity contribution is -0.365. The van der Waals surface area contributed by atoms with E-state index in [9.17, 15) is 9.18 Å². The molecule has 30 heavy (non-hydrogen) atoms. The third-order valence-electron chi connectivity index (χ3n) is 4.68. The molecule has 10 nitrogen and oxygen atoms in total. The van der Waals surface area contributed by atoms with Crippen molar-refractivity contribution >= 4 is 11.8 Å². The Labute approximate surface area is 171 Å². The Balaban J connectivity index is 1.49. The topological polar surface area (TPSA) is 126 Å². The second kappa shape index (κ2) is 8.51. The Kier molecular flexibility index (Phi) is 5.63. The molecule has 0 bridgehead atoms. The van der Waals surface area contributed by atoms with Gasteiger partial charge in [-0.25, -0.2) is 9.18 Å². The van der Waals surface area contributed by atoms with Crippen LogP contribution in [0.3, 0.4) is 0 Å². The van der Waals surface area contributed by atoms with Gasteiger partial charge in [0.1, 0.15) is 17.6 Å². The summed E-state index contributed by atoms with van der Waals surface area (Å²) in [6.45, 7) is 2.40. The summed E-state index contributed by atoms with van der Waals surface area (Å²) < 4.78 is 20.2. The molecule has 4 rings (SSSR count). The first kappa shape index (κ1) is 19.9. The van der Waals surface area contributed by atoms with Crippen molar-refractivity contribution in [2.75, 3.05) is 31.1 Å². The van der Waals surface area contributed by atoms with Crippen molar-refractivity contribution in [1.82, 2.24) is 30.5 Å². The number of amides is 1.